The van der Waals surface area contributed by atoms with E-state index in [0.717, 1.165) is 7.11 Å². The molecule has 0 aliphatic heterocycles. The second-order valence-corrected chi connectivity index (χ2v) is 1.13. The third kappa shape index (κ3) is 1.86. The molecule has 0 amide bonds. The molecule has 0 rings (SSSR count). The number of rotatable bonds is 1. The topological polar surface area (TPSA) is 9.23 Å². The average molecular weight is 126 g/mol. The van der Waals surface area contributed by atoms with Crippen molar-refractivity contribution < 1.29 is 17.9 Å². The molecule has 0 heterocycles. The summed E-state index contributed by atoms with van der Waals surface area (Å²) in [6.45, 7) is 2.60. The Hall–Kier alpha value is -0.670. The molecule has 0 unspecified atom stereocenters. The molecule has 0 radical (unpaired) electrons. The highest BCUT2D eigenvalue weighted by molar-refractivity contribution is 4.90. The minimum Gasteiger partial charge on any atom is -0.493 e. The summed E-state index contributed by atoms with van der Waals surface area (Å²) in [5.41, 5.74) is 0. The van der Waals surface area contributed by atoms with Crippen molar-refractivity contribution in [3.05, 3.63) is 12.3 Å². The van der Waals surface area contributed by atoms with Crippen LogP contribution < -0.4 is 0 Å². The summed E-state index contributed by atoms with van der Waals surface area (Å²) in [5, 5.41) is 0. The summed E-state index contributed by atoms with van der Waals surface area (Å²) >= 11 is 0. The molecule has 0 aromatic rings. The van der Waals surface area contributed by atoms with Crippen LogP contribution in [0.5, 0.6) is 0 Å². The molecule has 48 valence electrons. The molecule has 0 aliphatic rings. The highest BCUT2D eigenvalue weighted by atomic mass is 19.4. The fraction of sp³-hybridized carbons (Fsp3) is 0.500. The molecule has 0 atom stereocenters. The van der Waals surface area contributed by atoms with Gasteiger partial charge in [-0.2, -0.15) is 13.2 Å². The first-order valence-corrected chi connectivity index (χ1v) is 1.78. The van der Waals surface area contributed by atoms with Crippen LogP contribution in [-0.4, -0.2) is 13.3 Å². The lowest BCUT2D eigenvalue weighted by Gasteiger charge is -2.06. The fourth-order valence-corrected chi connectivity index (χ4v) is 0.116. The Morgan fingerprint density at radius 2 is 1.88 bits per heavy atom. The molecule has 8 heavy (non-hydrogen) atoms. The van der Waals surface area contributed by atoms with Gasteiger partial charge in [0.15, 0.2) is 5.76 Å². The zero-order valence-electron chi connectivity index (χ0n) is 4.25. The van der Waals surface area contributed by atoms with Crippen LogP contribution in [0.25, 0.3) is 0 Å². The van der Waals surface area contributed by atoms with Crippen LogP contribution >= 0.6 is 0 Å². The number of alkyl halides is 3. The largest absolute Gasteiger partial charge is 0.493 e. The molecule has 0 N–H and O–H groups in total. The van der Waals surface area contributed by atoms with Gasteiger partial charge >= 0.3 is 6.18 Å². The van der Waals surface area contributed by atoms with Crippen LogP contribution in [0.4, 0.5) is 13.2 Å². The van der Waals surface area contributed by atoms with Crippen molar-refractivity contribution in [2.24, 2.45) is 0 Å². The van der Waals surface area contributed by atoms with Gasteiger partial charge in [-0.05, 0) is 0 Å². The Balaban J connectivity index is 3.82. The maximum atomic E-state index is 11.2. The summed E-state index contributed by atoms with van der Waals surface area (Å²) in [4.78, 5) is 0. The maximum Gasteiger partial charge on any atom is 0.448 e. The van der Waals surface area contributed by atoms with Gasteiger partial charge in [0.25, 0.3) is 0 Å². The lowest BCUT2D eigenvalue weighted by atomic mass is 10.6. The standard InChI is InChI=1S/C4H5F3O/c1-3(8-2)4(5,6)7/h1H2,2H3. The summed E-state index contributed by atoms with van der Waals surface area (Å²) in [6, 6.07) is 0. The van der Waals surface area contributed by atoms with Gasteiger partial charge in [0.2, 0.25) is 0 Å². The average Bonchev–Trinajstić information content (AvgIpc) is 1.62. The van der Waals surface area contributed by atoms with Crippen molar-refractivity contribution in [3.8, 4) is 0 Å². The van der Waals surface area contributed by atoms with E-state index < -0.39 is 11.9 Å². The maximum absolute atomic E-state index is 11.2. The van der Waals surface area contributed by atoms with Gasteiger partial charge in [-0.25, -0.2) is 0 Å². The minimum atomic E-state index is -4.41. The number of methoxy groups -OCH3 is 1. The molecule has 4 heteroatoms. The third-order valence-corrected chi connectivity index (χ3v) is 0.563. The molecule has 0 saturated carbocycles. The van der Waals surface area contributed by atoms with Gasteiger partial charge in [-0.3, -0.25) is 0 Å². The monoisotopic (exact) mass is 126 g/mol. The van der Waals surface area contributed by atoms with Gasteiger partial charge in [0.1, 0.15) is 0 Å². The summed E-state index contributed by atoms with van der Waals surface area (Å²) in [6.07, 6.45) is -4.41. The number of halogens is 3. The Labute approximate surface area is 44.8 Å². The second kappa shape index (κ2) is 2.07. The number of allylic oxidation sites excluding steroid dienone is 1. The minimum absolute atomic E-state index is 0.926. The predicted molar refractivity (Wildman–Crippen MR) is 22.2 cm³/mol. The quantitative estimate of drug-likeness (QED) is 0.486. The van der Waals surface area contributed by atoms with E-state index in [1.807, 2.05) is 0 Å². The van der Waals surface area contributed by atoms with Gasteiger partial charge in [0.05, 0.1) is 7.11 Å². The molecule has 0 bridgehead atoms. The lowest BCUT2D eigenvalue weighted by molar-refractivity contribution is -0.125. The van der Waals surface area contributed by atoms with Crippen LogP contribution in [0.15, 0.2) is 12.3 Å². The first-order chi connectivity index (χ1) is 3.48. The summed E-state index contributed by atoms with van der Waals surface area (Å²) in [5.74, 6) is -1.17. The summed E-state index contributed by atoms with van der Waals surface area (Å²) in [7, 11) is 0.926. The zero-order valence-corrected chi connectivity index (χ0v) is 4.25. The number of hydrogen-bond acceptors (Lipinski definition) is 1. The van der Waals surface area contributed by atoms with Crippen LogP contribution in [0, 0.1) is 0 Å². The Bertz CT molecular complexity index is 93.9. The Kier molecular flexibility index (Phi) is 1.89. The smallest absolute Gasteiger partial charge is 0.448 e. The van der Waals surface area contributed by atoms with Crippen molar-refractivity contribution >= 4 is 0 Å². The van der Waals surface area contributed by atoms with Crippen LogP contribution in [-0.2, 0) is 4.74 Å². The number of hydrogen-bond donors (Lipinski definition) is 0. The fourth-order valence-electron chi connectivity index (χ4n) is 0.116. The van der Waals surface area contributed by atoms with E-state index in [1.165, 1.54) is 0 Å². The Morgan fingerprint density at radius 1 is 1.50 bits per heavy atom. The SMILES string of the molecule is C=C(OC)C(F)(F)F. The highest BCUT2D eigenvalue weighted by Crippen LogP contribution is 2.23. The van der Waals surface area contributed by atoms with Gasteiger partial charge in [-0.15, -0.1) is 0 Å². The van der Waals surface area contributed by atoms with Crippen molar-refractivity contribution in [1.29, 1.82) is 0 Å². The molecule has 1 nitrogen and oxygen atoms in total. The third-order valence-electron chi connectivity index (χ3n) is 0.563. The summed E-state index contributed by atoms with van der Waals surface area (Å²) < 4.78 is 37.5. The molecule has 0 fully saturated rings. The van der Waals surface area contributed by atoms with E-state index in [9.17, 15) is 13.2 Å². The molecule has 0 aromatic heterocycles. The van der Waals surface area contributed by atoms with E-state index >= 15 is 0 Å². The van der Waals surface area contributed by atoms with Crippen LogP contribution in [0.1, 0.15) is 0 Å². The molecule has 0 aliphatic carbocycles. The molecule has 0 spiro atoms. The van der Waals surface area contributed by atoms with Crippen molar-refractivity contribution in [2.75, 3.05) is 7.11 Å². The van der Waals surface area contributed by atoms with Gasteiger partial charge in [0, 0.05) is 0 Å². The first-order valence-electron chi connectivity index (χ1n) is 1.78. The molecular formula is C4H5F3O. The van der Waals surface area contributed by atoms with Crippen molar-refractivity contribution in [3.63, 3.8) is 0 Å². The molecule has 0 aromatic carbocycles. The van der Waals surface area contributed by atoms with Crippen LogP contribution in [0.3, 0.4) is 0 Å². The lowest BCUT2D eigenvalue weighted by Crippen LogP contribution is -2.11. The van der Waals surface area contributed by atoms with E-state index in [1.54, 1.807) is 0 Å². The van der Waals surface area contributed by atoms with Gasteiger partial charge in [-0.1, -0.05) is 6.58 Å². The van der Waals surface area contributed by atoms with Crippen molar-refractivity contribution in [1.82, 2.24) is 0 Å². The van der Waals surface area contributed by atoms with Gasteiger partial charge < -0.3 is 4.74 Å². The Morgan fingerprint density at radius 3 is 1.88 bits per heavy atom. The number of ether oxygens (including phenoxy) is 1. The highest BCUT2D eigenvalue weighted by Gasteiger charge is 2.33. The second-order valence-electron chi connectivity index (χ2n) is 1.13. The van der Waals surface area contributed by atoms with E-state index in [-0.39, 0.29) is 0 Å². The zero-order chi connectivity index (χ0) is 6.78. The van der Waals surface area contributed by atoms with E-state index in [4.69, 9.17) is 0 Å². The first kappa shape index (κ1) is 7.33. The predicted octanol–water partition coefficient (Wildman–Crippen LogP) is 1.71. The molecule has 0 saturated heterocycles. The van der Waals surface area contributed by atoms with E-state index in [2.05, 4.69) is 11.3 Å². The van der Waals surface area contributed by atoms with E-state index in [0.29, 0.717) is 0 Å². The van der Waals surface area contributed by atoms with Crippen LogP contribution in [0.2, 0.25) is 0 Å². The molecular weight excluding hydrogens is 121 g/mol. The van der Waals surface area contributed by atoms with Crippen molar-refractivity contribution in [2.45, 2.75) is 6.18 Å². The normalized spacial score (nSPS) is 11.0.